The van der Waals surface area contributed by atoms with Gasteiger partial charge in [0.2, 0.25) is 0 Å². The Balaban J connectivity index is 1.86. The first-order chi connectivity index (χ1) is 13.5. The minimum absolute atomic E-state index is 0.0733. The van der Waals surface area contributed by atoms with Gasteiger partial charge in [0.1, 0.15) is 17.4 Å². The molecule has 138 valence electrons. The Hall–Kier alpha value is -4.12. The Bertz CT molecular complexity index is 1170. The van der Waals surface area contributed by atoms with Gasteiger partial charge >= 0.3 is 0 Å². The molecule has 8 nitrogen and oxygen atoms in total. The second-order valence-corrected chi connectivity index (χ2v) is 6.46. The molecule has 2 aromatic heterocycles. The van der Waals surface area contributed by atoms with Gasteiger partial charge in [-0.1, -0.05) is 30.3 Å². The fourth-order valence-corrected chi connectivity index (χ4v) is 3.44. The minimum Gasteiger partial charge on any atom is -0.388 e. The number of amides is 1. The van der Waals surface area contributed by atoms with Crippen molar-refractivity contribution in [2.75, 3.05) is 18.6 Å². The van der Waals surface area contributed by atoms with Crippen molar-refractivity contribution >= 4 is 28.8 Å². The number of pyridine rings is 1. The Labute approximate surface area is 161 Å². The highest BCUT2D eigenvalue weighted by Crippen LogP contribution is 2.36. The number of nitrogens with zero attached hydrogens (tertiary/aromatic N) is 4. The van der Waals surface area contributed by atoms with Crippen LogP contribution in [0.15, 0.2) is 54.0 Å². The van der Waals surface area contributed by atoms with Crippen LogP contribution in [0.5, 0.6) is 0 Å². The number of allylic oxidation sites excluding steroid dienone is 2. The normalized spacial score (nSPS) is 14.5. The number of aromatic nitrogens is 2. The summed E-state index contributed by atoms with van der Waals surface area (Å²) >= 11 is 0. The van der Waals surface area contributed by atoms with Gasteiger partial charge in [-0.05, 0) is 11.6 Å². The lowest BCUT2D eigenvalue weighted by Gasteiger charge is -2.36. The maximum absolute atomic E-state index is 13.1. The highest BCUT2D eigenvalue weighted by molar-refractivity contribution is 6.11. The van der Waals surface area contributed by atoms with E-state index in [-0.39, 0.29) is 24.0 Å². The second-order valence-electron chi connectivity index (χ2n) is 6.46. The number of fused-ring (bicyclic) bond motifs is 3. The van der Waals surface area contributed by atoms with Gasteiger partial charge in [0, 0.05) is 30.5 Å². The molecule has 0 saturated carbocycles. The van der Waals surface area contributed by atoms with Gasteiger partial charge in [-0.2, -0.15) is 5.26 Å². The van der Waals surface area contributed by atoms with E-state index >= 15 is 0 Å². The summed E-state index contributed by atoms with van der Waals surface area (Å²) in [6.45, 7) is 0.171. The number of hydrogen-bond donors (Lipinski definition) is 3. The van der Waals surface area contributed by atoms with Gasteiger partial charge in [-0.15, -0.1) is 0 Å². The SMILES string of the molecule is CN1CN(/C(C=N)=C(/N)C#N)C(=O)c2cnc3[nH]c(-c4ccccc4)cc3c21. The zero-order chi connectivity index (χ0) is 19.8. The molecule has 1 aliphatic heterocycles. The number of H-pyrrole nitrogens is 1. The summed E-state index contributed by atoms with van der Waals surface area (Å²) in [6, 6.07) is 13.6. The summed E-state index contributed by atoms with van der Waals surface area (Å²) in [5.74, 6) is -0.346. The third-order valence-electron chi connectivity index (χ3n) is 4.75. The number of anilines is 1. The monoisotopic (exact) mass is 371 g/mol. The summed E-state index contributed by atoms with van der Waals surface area (Å²) in [5.41, 5.74) is 9.34. The molecule has 4 N–H and O–H groups in total. The topological polar surface area (TPSA) is 126 Å². The standard InChI is InChI=1S/C20H17N7O/c1-26-11-27(17(9-22)15(23)8-21)20(28)14-10-24-19-13(18(14)26)7-16(25-19)12-5-3-2-4-6-12/h2-7,9-10,22H,11,23H2,1H3,(H,24,25)/b17-15+,22-9?. The van der Waals surface area contributed by atoms with Crippen LogP contribution in [-0.2, 0) is 0 Å². The molecule has 0 fully saturated rings. The summed E-state index contributed by atoms with van der Waals surface area (Å²) in [5, 5.41) is 17.4. The van der Waals surface area contributed by atoms with Crippen molar-refractivity contribution in [1.29, 1.82) is 10.7 Å². The van der Waals surface area contributed by atoms with E-state index in [0.29, 0.717) is 11.2 Å². The first kappa shape index (κ1) is 17.3. The van der Waals surface area contributed by atoms with Crippen LogP contribution in [0.25, 0.3) is 22.3 Å². The third-order valence-corrected chi connectivity index (χ3v) is 4.75. The van der Waals surface area contributed by atoms with Crippen LogP contribution in [0.2, 0.25) is 0 Å². The maximum Gasteiger partial charge on any atom is 0.263 e. The molecule has 1 aliphatic rings. The van der Waals surface area contributed by atoms with Gasteiger partial charge in [0.25, 0.3) is 5.91 Å². The van der Waals surface area contributed by atoms with Crippen LogP contribution in [0.4, 0.5) is 5.69 Å². The van der Waals surface area contributed by atoms with Crippen LogP contribution >= 0.6 is 0 Å². The predicted octanol–water partition coefficient (Wildman–Crippen LogP) is 2.42. The third kappa shape index (κ3) is 2.57. The molecule has 0 radical (unpaired) electrons. The number of hydrogen-bond acceptors (Lipinski definition) is 6. The Kier molecular flexibility index (Phi) is 4.05. The molecule has 0 saturated heterocycles. The number of rotatable bonds is 3. The molecule has 0 bridgehead atoms. The summed E-state index contributed by atoms with van der Waals surface area (Å²) in [7, 11) is 1.84. The first-order valence-electron chi connectivity index (χ1n) is 8.55. The fraction of sp³-hybridized carbons (Fsp3) is 0.100. The maximum atomic E-state index is 13.1. The van der Waals surface area contributed by atoms with Crippen LogP contribution in [-0.4, -0.2) is 40.7 Å². The first-order valence-corrected chi connectivity index (χ1v) is 8.55. The molecule has 1 amide bonds. The number of aromatic amines is 1. The number of carbonyl (C=O) groups excluding carboxylic acids is 1. The average molecular weight is 371 g/mol. The molecule has 8 heteroatoms. The highest BCUT2D eigenvalue weighted by Gasteiger charge is 2.32. The number of nitrogens with one attached hydrogen (secondary N) is 2. The van der Waals surface area contributed by atoms with Gasteiger partial charge in [0.15, 0.2) is 0 Å². The number of nitrogens with two attached hydrogens (primary N) is 1. The lowest BCUT2D eigenvalue weighted by molar-refractivity contribution is 0.0803. The zero-order valence-electron chi connectivity index (χ0n) is 15.1. The highest BCUT2D eigenvalue weighted by atomic mass is 16.2. The lowest BCUT2D eigenvalue weighted by atomic mass is 10.1. The zero-order valence-corrected chi connectivity index (χ0v) is 15.1. The molecule has 28 heavy (non-hydrogen) atoms. The van der Waals surface area contributed by atoms with Crippen molar-refractivity contribution in [2.45, 2.75) is 0 Å². The van der Waals surface area contributed by atoms with Gasteiger partial charge in [0.05, 0.1) is 23.6 Å². The fourth-order valence-electron chi connectivity index (χ4n) is 3.44. The largest absolute Gasteiger partial charge is 0.388 e. The van der Waals surface area contributed by atoms with E-state index < -0.39 is 0 Å². The van der Waals surface area contributed by atoms with Crippen LogP contribution in [0, 0.1) is 16.7 Å². The quantitative estimate of drug-likeness (QED) is 0.481. The molecule has 0 atom stereocenters. The van der Waals surface area contributed by atoms with E-state index in [2.05, 4.69) is 9.97 Å². The summed E-state index contributed by atoms with van der Waals surface area (Å²) in [4.78, 5) is 24.0. The van der Waals surface area contributed by atoms with E-state index in [4.69, 9.17) is 16.4 Å². The van der Waals surface area contributed by atoms with Crippen molar-refractivity contribution in [1.82, 2.24) is 14.9 Å². The molecule has 4 rings (SSSR count). The lowest BCUT2D eigenvalue weighted by Crippen LogP contribution is -2.45. The van der Waals surface area contributed by atoms with Crippen molar-refractivity contribution in [3.05, 3.63) is 59.6 Å². The Morgan fingerprint density at radius 2 is 2.14 bits per heavy atom. The van der Waals surface area contributed by atoms with E-state index in [0.717, 1.165) is 28.5 Å². The van der Waals surface area contributed by atoms with Crippen molar-refractivity contribution in [3.8, 4) is 17.3 Å². The van der Waals surface area contributed by atoms with Gasteiger partial charge in [-0.25, -0.2) is 4.98 Å². The number of benzene rings is 1. The molecule has 3 aromatic rings. The molecule has 0 unspecified atom stereocenters. The van der Waals surface area contributed by atoms with Gasteiger partial charge < -0.3 is 21.0 Å². The van der Waals surface area contributed by atoms with Crippen LogP contribution in [0.1, 0.15) is 10.4 Å². The molecule has 1 aromatic carbocycles. The van der Waals surface area contributed by atoms with E-state index in [1.807, 2.05) is 48.3 Å². The van der Waals surface area contributed by atoms with E-state index in [1.165, 1.54) is 11.1 Å². The Morgan fingerprint density at radius 1 is 1.39 bits per heavy atom. The smallest absolute Gasteiger partial charge is 0.263 e. The number of carbonyl (C=O) groups is 1. The second kappa shape index (κ2) is 6.55. The van der Waals surface area contributed by atoms with Crippen molar-refractivity contribution in [3.63, 3.8) is 0 Å². The molecular weight excluding hydrogens is 354 g/mol. The van der Waals surface area contributed by atoms with Crippen LogP contribution in [0.3, 0.4) is 0 Å². The van der Waals surface area contributed by atoms with E-state index in [9.17, 15) is 4.79 Å². The molecular formula is C20H17N7O. The molecule has 3 heterocycles. The summed E-state index contributed by atoms with van der Waals surface area (Å²) in [6.07, 6.45) is 2.43. The van der Waals surface area contributed by atoms with Crippen molar-refractivity contribution in [2.24, 2.45) is 5.73 Å². The predicted molar refractivity (Wildman–Crippen MR) is 107 cm³/mol. The summed E-state index contributed by atoms with van der Waals surface area (Å²) < 4.78 is 0. The Morgan fingerprint density at radius 3 is 2.82 bits per heavy atom. The average Bonchev–Trinajstić information content (AvgIpc) is 3.16. The van der Waals surface area contributed by atoms with Gasteiger partial charge in [-0.3, -0.25) is 9.69 Å². The van der Waals surface area contributed by atoms with E-state index in [1.54, 1.807) is 6.07 Å². The van der Waals surface area contributed by atoms with Crippen molar-refractivity contribution < 1.29 is 4.79 Å². The molecule has 0 spiro atoms. The number of nitriles is 1. The van der Waals surface area contributed by atoms with Crippen LogP contribution < -0.4 is 10.6 Å². The minimum atomic E-state index is -0.346. The molecule has 0 aliphatic carbocycles.